The number of nitrogens with zero attached hydrogens (tertiary/aromatic N) is 4. The van der Waals surface area contributed by atoms with Crippen LogP contribution in [0, 0.1) is 17.2 Å². The van der Waals surface area contributed by atoms with Crippen LogP contribution in [0.3, 0.4) is 0 Å². The maximum absolute atomic E-state index is 8.97. The van der Waals surface area contributed by atoms with Crippen LogP contribution in [0.4, 0.5) is 0 Å². The highest BCUT2D eigenvalue weighted by Crippen LogP contribution is 2.36. The largest absolute Gasteiger partial charge is 0.369 e. The third kappa shape index (κ3) is 4.19. The van der Waals surface area contributed by atoms with Crippen LogP contribution in [0.15, 0.2) is 42.5 Å². The first-order valence-electron chi connectivity index (χ1n) is 9.76. The van der Waals surface area contributed by atoms with Crippen molar-refractivity contribution in [3.8, 4) is 6.07 Å². The van der Waals surface area contributed by atoms with Gasteiger partial charge in [0.15, 0.2) is 5.65 Å². The van der Waals surface area contributed by atoms with Crippen LogP contribution < -0.4 is 0 Å². The molecule has 0 bridgehead atoms. The van der Waals surface area contributed by atoms with Gasteiger partial charge in [0, 0.05) is 12.5 Å². The lowest BCUT2D eigenvalue weighted by Gasteiger charge is -2.29. The van der Waals surface area contributed by atoms with E-state index in [4.69, 9.17) is 26.6 Å². The predicted octanol–water partition coefficient (Wildman–Crippen LogP) is 5.45. The summed E-state index contributed by atoms with van der Waals surface area (Å²) in [6, 6.07) is 16.5. The van der Waals surface area contributed by atoms with Crippen LogP contribution in [-0.2, 0) is 18.0 Å². The van der Waals surface area contributed by atoms with Crippen LogP contribution in [0.5, 0.6) is 0 Å². The predicted molar refractivity (Wildman–Crippen MR) is 109 cm³/mol. The number of hydrogen-bond donors (Lipinski definition) is 0. The van der Waals surface area contributed by atoms with Gasteiger partial charge in [-0.3, -0.25) is 0 Å². The fraction of sp³-hybridized carbons (Fsp3) is 0.409. The summed E-state index contributed by atoms with van der Waals surface area (Å²) >= 11 is 6.17. The molecule has 1 saturated carbocycles. The Bertz CT molecular complexity index is 971. The first-order chi connectivity index (χ1) is 13.7. The van der Waals surface area contributed by atoms with Gasteiger partial charge in [0.2, 0.25) is 0 Å². The van der Waals surface area contributed by atoms with Gasteiger partial charge in [-0.2, -0.15) is 5.26 Å². The Morgan fingerprint density at radius 2 is 1.82 bits per heavy atom. The van der Waals surface area contributed by atoms with Crippen molar-refractivity contribution >= 4 is 22.8 Å². The zero-order valence-corrected chi connectivity index (χ0v) is 16.5. The van der Waals surface area contributed by atoms with Crippen molar-refractivity contribution in [3.05, 3.63) is 59.0 Å². The van der Waals surface area contributed by atoms with Gasteiger partial charge in [-0.1, -0.05) is 41.9 Å². The molecular weight excluding hydrogens is 372 g/mol. The molecule has 1 aromatic carbocycles. The van der Waals surface area contributed by atoms with E-state index in [1.807, 2.05) is 24.3 Å². The molecule has 4 rings (SSSR count). The van der Waals surface area contributed by atoms with Gasteiger partial charge in [-0.15, -0.1) is 0 Å². The van der Waals surface area contributed by atoms with Crippen molar-refractivity contribution in [1.29, 1.82) is 5.26 Å². The summed E-state index contributed by atoms with van der Waals surface area (Å²) in [5, 5.41) is 9.44. The summed E-state index contributed by atoms with van der Waals surface area (Å²) < 4.78 is 8.19. The average Bonchev–Trinajstić information content (AvgIpc) is 3.07. The molecule has 0 amide bonds. The lowest BCUT2D eigenvalue weighted by Crippen LogP contribution is -2.20. The second kappa shape index (κ2) is 8.72. The van der Waals surface area contributed by atoms with Crippen LogP contribution in [0.2, 0.25) is 5.15 Å². The minimum absolute atomic E-state index is 0.321. The monoisotopic (exact) mass is 394 g/mol. The van der Waals surface area contributed by atoms with Gasteiger partial charge in [0.1, 0.15) is 23.1 Å². The van der Waals surface area contributed by atoms with E-state index in [1.165, 1.54) is 0 Å². The molecule has 0 aliphatic heterocycles. The van der Waals surface area contributed by atoms with Crippen molar-refractivity contribution < 1.29 is 4.74 Å². The number of ether oxygens (including phenoxy) is 1. The first kappa shape index (κ1) is 18.9. The molecular formula is C22H23ClN4O. The highest BCUT2D eigenvalue weighted by atomic mass is 35.5. The molecule has 2 heterocycles. The molecule has 3 aromatic rings. The zero-order chi connectivity index (χ0) is 19.3. The van der Waals surface area contributed by atoms with E-state index in [2.05, 4.69) is 27.8 Å². The topological polar surface area (TPSA) is 63.7 Å². The summed E-state index contributed by atoms with van der Waals surface area (Å²) in [7, 11) is 0. The molecule has 1 fully saturated rings. The molecule has 1 aliphatic rings. The highest BCUT2D eigenvalue weighted by Gasteiger charge is 2.26. The molecule has 6 heteroatoms. The molecule has 0 saturated heterocycles. The van der Waals surface area contributed by atoms with E-state index < -0.39 is 0 Å². The van der Waals surface area contributed by atoms with Crippen LogP contribution in [-0.4, -0.2) is 14.5 Å². The third-order valence-corrected chi connectivity index (χ3v) is 5.69. The normalized spacial score (nSPS) is 19.6. The van der Waals surface area contributed by atoms with Crippen molar-refractivity contribution in [2.75, 3.05) is 0 Å². The number of benzene rings is 1. The average molecular weight is 395 g/mol. The number of pyridine rings is 1. The molecule has 2 aromatic heterocycles. The van der Waals surface area contributed by atoms with Crippen molar-refractivity contribution in [1.82, 2.24) is 14.5 Å². The van der Waals surface area contributed by atoms with Gasteiger partial charge in [0.25, 0.3) is 0 Å². The standard InChI is InChI=1S/C22H23ClN4O/c23-20-11-10-19-22(26-20)27(18-8-6-16(7-9-18)12-13-24)21(25-19)15-28-14-17-4-2-1-3-5-17/h1-5,10-11,16,18H,6-9,12,14-15H2/t16-,18-. The van der Waals surface area contributed by atoms with Crippen molar-refractivity contribution in [2.24, 2.45) is 5.92 Å². The number of rotatable bonds is 6. The molecule has 0 atom stereocenters. The second-order valence-corrected chi connectivity index (χ2v) is 7.78. The quantitative estimate of drug-likeness (QED) is 0.521. The Morgan fingerprint density at radius 1 is 1.04 bits per heavy atom. The van der Waals surface area contributed by atoms with Crippen LogP contribution >= 0.6 is 11.6 Å². The summed E-state index contributed by atoms with van der Waals surface area (Å²) in [4.78, 5) is 9.33. The van der Waals surface area contributed by atoms with Crippen molar-refractivity contribution in [2.45, 2.75) is 51.4 Å². The number of fused-ring (bicyclic) bond motifs is 1. The van der Waals surface area contributed by atoms with E-state index in [9.17, 15) is 0 Å². The Kier molecular flexibility index (Phi) is 5.90. The van der Waals surface area contributed by atoms with E-state index in [0.717, 1.165) is 48.2 Å². The number of aromatic nitrogens is 3. The minimum atomic E-state index is 0.321. The lowest BCUT2D eigenvalue weighted by molar-refractivity contribution is 0.0971. The first-order valence-corrected chi connectivity index (χ1v) is 10.1. The van der Waals surface area contributed by atoms with Gasteiger partial charge in [0.05, 0.1) is 12.7 Å². The zero-order valence-electron chi connectivity index (χ0n) is 15.7. The van der Waals surface area contributed by atoms with Crippen LogP contribution in [0.1, 0.15) is 49.5 Å². The molecule has 1 aliphatic carbocycles. The molecule has 0 radical (unpaired) electrons. The smallest absolute Gasteiger partial charge is 0.162 e. The molecule has 0 unspecified atom stereocenters. The number of halogens is 1. The molecule has 5 nitrogen and oxygen atoms in total. The number of hydrogen-bond acceptors (Lipinski definition) is 4. The van der Waals surface area contributed by atoms with Gasteiger partial charge >= 0.3 is 0 Å². The fourth-order valence-electron chi connectivity index (χ4n) is 4.05. The van der Waals surface area contributed by atoms with E-state index >= 15 is 0 Å². The van der Waals surface area contributed by atoms with Gasteiger partial charge in [-0.05, 0) is 49.3 Å². The molecule has 144 valence electrons. The van der Waals surface area contributed by atoms with E-state index in [-0.39, 0.29) is 0 Å². The maximum atomic E-state index is 8.97. The van der Waals surface area contributed by atoms with E-state index in [1.54, 1.807) is 6.07 Å². The van der Waals surface area contributed by atoms with Gasteiger partial charge in [-0.25, -0.2) is 9.97 Å². The van der Waals surface area contributed by atoms with Gasteiger partial charge < -0.3 is 9.30 Å². The van der Waals surface area contributed by atoms with Crippen molar-refractivity contribution in [3.63, 3.8) is 0 Å². The van der Waals surface area contributed by atoms with E-state index in [0.29, 0.717) is 36.7 Å². The Labute approximate surface area is 169 Å². The Morgan fingerprint density at radius 3 is 2.57 bits per heavy atom. The summed E-state index contributed by atoms with van der Waals surface area (Å²) in [5.41, 5.74) is 2.82. The lowest BCUT2D eigenvalue weighted by atomic mass is 9.84. The molecule has 0 spiro atoms. The summed E-state index contributed by atoms with van der Waals surface area (Å²) in [6.45, 7) is 0.980. The summed E-state index contributed by atoms with van der Waals surface area (Å²) in [6.07, 6.45) is 4.81. The fourth-order valence-corrected chi connectivity index (χ4v) is 4.20. The molecule has 0 N–H and O–H groups in total. The summed E-state index contributed by atoms with van der Waals surface area (Å²) in [5.74, 6) is 1.40. The number of nitriles is 1. The highest BCUT2D eigenvalue weighted by molar-refractivity contribution is 6.29. The maximum Gasteiger partial charge on any atom is 0.162 e. The Hall–Kier alpha value is -2.42. The third-order valence-electron chi connectivity index (χ3n) is 5.48. The van der Waals surface area contributed by atoms with Crippen LogP contribution in [0.25, 0.3) is 11.2 Å². The Balaban J connectivity index is 1.55. The SMILES string of the molecule is N#CC[C@H]1CC[C@H](n2c(COCc3ccccc3)nc3ccc(Cl)nc32)CC1. The molecule has 28 heavy (non-hydrogen) atoms. The minimum Gasteiger partial charge on any atom is -0.369 e. The second-order valence-electron chi connectivity index (χ2n) is 7.39. The number of imidazole rings is 1.